The molecule has 9 heteroatoms. The highest BCUT2D eigenvalue weighted by atomic mass is 16.6. The van der Waals surface area contributed by atoms with Gasteiger partial charge in [0.05, 0.1) is 17.0 Å². The van der Waals surface area contributed by atoms with Crippen LogP contribution >= 0.6 is 0 Å². The molecule has 0 unspecified atom stereocenters. The van der Waals surface area contributed by atoms with Crippen LogP contribution in [0.15, 0.2) is 28.8 Å². The Bertz CT molecular complexity index is 794. The number of rotatable bonds is 6. The molecule has 0 aliphatic rings. The number of anilines is 1. The number of carbonyl (C=O) groups excluding carboxylic acids is 2. The normalized spacial score (nSPS) is 11.6. The van der Waals surface area contributed by atoms with Crippen molar-refractivity contribution >= 4 is 23.3 Å². The van der Waals surface area contributed by atoms with Crippen LogP contribution in [0, 0.1) is 24.0 Å². The number of hydrogen-bond acceptors (Lipinski definition) is 7. The van der Waals surface area contributed by atoms with Gasteiger partial charge in [0, 0.05) is 23.4 Å². The molecule has 1 heterocycles. The lowest BCUT2D eigenvalue weighted by atomic mass is 10.1. The highest BCUT2D eigenvalue weighted by molar-refractivity contribution is 5.95. The number of carbonyl (C=O) groups is 2. The van der Waals surface area contributed by atoms with E-state index in [4.69, 9.17) is 9.26 Å². The quantitative estimate of drug-likeness (QED) is 0.483. The van der Waals surface area contributed by atoms with E-state index in [1.54, 1.807) is 13.8 Å². The average Bonchev–Trinajstić information content (AvgIpc) is 2.86. The van der Waals surface area contributed by atoms with E-state index in [9.17, 15) is 19.7 Å². The first-order valence-electron chi connectivity index (χ1n) is 7.44. The van der Waals surface area contributed by atoms with Crippen LogP contribution in [-0.2, 0) is 20.7 Å². The van der Waals surface area contributed by atoms with Crippen molar-refractivity contribution in [3.63, 3.8) is 0 Å². The second-order valence-electron chi connectivity index (χ2n) is 5.41. The molecule has 0 radical (unpaired) electrons. The number of aryl methyl sites for hydroxylation is 2. The van der Waals surface area contributed by atoms with Crippen molar-refractivity contribution in [2.75, 3.05) is 5.32 Å². The Kier molecular flexibility index (Phi) is 5.48. The highest BCUT2D eigenvalue weighted by Crippen LogP contribution is 2.18. The van der Waals surface area contributed by atoms with Crippen molar-refractivity contribution in [3.8, 4) is 0 Å². The van der Waals surface area contributed by atoms with E-state index in [0.29, 0.717) is 17.0 Å². The van der Waals surface area contributed by atoms with E-state index < -0.39 is 22.9 Å². The summed E-state index contributed by atoms with van der Waals surface area (Å²) < 4.78 is 10.1. The van der Waals surface area contributed by atoms with E-state index in [0.717, 1.165) is 0 Å². The van der Waals surface area contributed by atoms with Crippen LogP contribution in [0.3, 0.4) is 0 Å². The van der Waals surface area contributed by atoms with E-state index in [1.165, 1.54) is 31.2 Å². The van der Waals surface area contributed by atoms with Crippen LogP contribution < -0.4 is 5.32 Å². The number of nitro groups is 1. The highest BCUT2D eigenvalue weighted by Gasteiger charge is 2.21. The minimum Gasteiger partial charge on any atom is -0.452 e. The molecule has 0 aliphatic heterocycles. The Hall–Kier alpha value is -3.23. The standard InChI is InChI=1S/C16H17N3O6/c1-9-14(10(2)25-18-9)8-15(20)24-11(3)16(21)17-12-5-4-6-13(7-12)19(22)23/h4-7,11H,8H2,1-3H3,(H,17,21)/t11-/m0/s1. The van der Waals surface area contributed by atoms with Crippen LogP contribution in [0.1, 0.15) is 23.9 Å². The van der Waals surface area contributed by atoms with Crippen LogP contribution in [0.5, 0.6) is 0 Å². The summed E-state index contributed by atoms with van der Waals surface area (Å²) in [7, 11) is 0. The molecule has 1 atom stereocenters. The van der Waals surface area contributed by atoms with Gasteiger partial charge in [-0.1, -0.05) is 11.2 Å². The molecule has 2 aromatic rings. The summed E-state index contributed by atoms with van der Waals surface area (Å²) in [6.45, 7) is 4.80. The number of benzene rings is 1. The zero-order valence-corrected chi connectivity index (χ0v) is 13.9. The van der Waals surface area contributed by atoms with Gasteiger partial charge in [0.1, 0.15) is 5.76 Å². The van der Waals surface area contributed by atoms with Gasteiger partial charge < -0.3 is 14.6 Å². The lowest BCUT2D eigenvalue weighted by Gasteiger charge is -2.13. The number of amides is 1. The van der Waals surface area contributed by atoms with E-state index in [2.05, 4.69) is 10.5 Å². The minimum atomic E-state index is -1.06. The van der Waals surface area contributed by atoms with Gasteiger partial charge in [0.25, 0.3) is 11.6 Å². The molecule has 2 rings (SSSR count). The monoisotopic (exact) mass is 347 g/mol. The number of nitro benzene ring substituents is 1. The first-order valence-corrected chi connectivity index (χ1v) is 7.44. The van der Waals surface area contributed by atoms with Gasteiger partial charge in [0.15, 0.2) is 6.10 Å². The third-order valence-corrected chi connectivity index (χ3v) is 3.50. The molecule has 1 amide bonds. The fourth-order valence-electron chi connectivity index (χ4n) is 2.13. The van der Waals surface area contributed by atoms with Crippen LogP contribution in [-0.4, -0.2) is 28.1 Å². The molecule has 1 aromatic heterocycles. The lowest BCUT2D eigenvalue weighted by molar-refractivity contribution is -0.384. The molecule has 0 saturated carbocycles. The first kappa shape index (κ1) is 18.1. The number of hydrogen-bond donors (Lipinski definition) is 1. The minimum absolute atomic E-state index is 0.0599. The first-order chi connectivity index (χ1) is 11.8. The van der Waals surface area contributed by atoms with Gasteiger partial charge >= 0.3 is 5.97 Å². The van der Waals surface area contributed by atoms with Crippen molar-refractivity contribution in [2.45, 2.75) is 33.3 Å². The Morgan fingerprint density at radius 1 is 1.40 bits per heavy atom. The number of esters is 1. The number of aromatic nitrogens is 1. The molecular formula is C16H17N3O6. The SMILES string of the molecule is Cc1noc(C)c1CC(=O)O[C@@H](C)C(=O)Nc1cccc([N+](=O)[O-])c1. The summed E-state index contributed by atoms with van der Waals surface area (Å²) in [5, 5.41) is 17.0. The third-order valence-electron chi connectivity index (χ3n) is 3.50. The number of non-ortho nitro benzene ring substituents is 1. The van der Waals surface area contributed by atoms with Crippen molar-refractivity contribution in [1.82, 2.24) is 5.16 Å². The molecule has 25 heavy (non-hydrogen) atoms. The van der Waals surface area contributed by atoms with Crippen molar-refractivity contribution < 1.29 is 23.8 Å². The summed E-state index contributed by atoms with van der Waals surface area (Å²) in [6.07, 6.45) is -1.12. The van der Waals surface area contributed by atoms with Gasteiger partial charge in [-0.05, 0) is 26.8 Å². The molecule has 0 saturated heterocycles. The average molecular weight is 347 g/mol. The predicted molar refractivity (Wildman–Crippen MR) is 87.0 cm³/mol. The Morgan fingerprint density at radius 3 is 2.72 bits per heavy atom. The molecule has 9 nitrogen and oxygen atoms in total. The second-order valence-corrected chi connectivity index (χ2v) is 5.41. The second kappa shape index (κ2) is 7.56. The van der Waals surface area contributed by atoms with Gasteiger partial charge in [0.2, 0.25) is 0 Å². The van der Waals surface area contributed by atoms with Crippen molar-refractivity contribution in [3.05, 3.63) is 51.4 Å². The van der Waals surface area contributed by atoms with Gasteiger partial charge in [-0.15, -0.1) is 0 Å². The summed E-state index contributed by atoms with van der Waals surface area (Å²) in [5.41, 5.74) is 1.30. The van der Waals surface area contributed by atoms with E-state index in [1.807, 2.05) is 0 Å². The number of nitrogens with one attached hydrogen (secondary N) is 1. The van der Waals surface area contributed by atoms with Crippen LogP contribution in [0.2, 0.25) is 0 Å². The fraction of sp³-hybridized carbons (Fsp3) is 0.312. The largest absolute Gasteiger partial charge is 0.452 e. The Morgan fingerprint density at radius 2 is 2.12 bits per heavy atom. The topological polar surface area (TPSA) is 125 Å². The Balaban J connectivity index is 1.95. The summed E-state index contributed by atoms with van der Waals surface area (Å²) >= 11 is 0. The number of ether oxygens (including phenoxy) is 1. The van der Waals surface area contributed by atoms with Crippen molar-refractivity contribution in [2.24, 2.45) is 0 Å². The zero-order valence-electron chi connectivity index (χ0n) is 13.9. The van der Waals surface area contributed by atoms with Gasteiger partial charge in [-0.3, -0.25) is 19.7 Å². The third kappa shape index (κ3) is 4.63. The fourth-order valence-corrected chi connectivity index (χ4v) is 2.13. The summed E-state index contributed by atoms with van der Waals surface area (Å²) in [4.78, 5) is 34.2. The zero-order chi connectivity index (χ0) is 18.6. The maximum atomic E-state index is 12.1. The molecule has 1 N–H and O–H groups in total. The lowest BCUT2D eigenvalue weighted by Crippen LogP contribution is -2.30. The van der Waals surface area contributed by atoms with E-state index in [-0.39, 0.29) is 17.8 Å². The maximum Gasteiger partial charge on any atom is 0.311 e. The van der Waals surface area contributed by atoms with E-state index >= 15 is 0 Å². The summed E-state index contributed by atoms with van der Waals surface area (Å²) in [6, 6.07) is 5.48. The predicted octanol–water partition coefficient (Wildman–Crippen LogP) is 2.31. The molecular weight excluding hydrogens is 330 g/mol. The van der Waals surface area contributed by atoms with Crippen molar-refractivity contribution in [1.29, 1.82) is 0 Å². The smallest absolute Gasteiger partial charge is 0.311 e. The van der Waals surface area contributed by atoms with Crippen LogP contribution in [0.4, 0.5) is 11.4 Å². The van der Waals surface area contributed by atoms with Gasteiger partial charge in [-0.2, -0.15) is 0 Å². The molecule has 0 aliphatic carbocycles. The van der Waals surface area contributed by atoms with Gasteiger partial charge in [-0.25, -0.2) is 0 Å². The molecule has 0 spiro atoms. The molecule has 132 valence electrons. The van der Waals surface area contributed by atoms with Crippen LogP contribution in [0.25, 0.3) is 0 Å². The molecule has 0 fully saturated rings. The maximum absolute atomic E-state index is 12.1. The Labute approximate surface area is 143 Å². The molecule has 0 bridgehead atoms. The summed E-state index contributed by atoms with van der Waals surface area (Å²) in [5.74, 6) is -0.674. The molecule has 1 aromatic carbocycles. The number of nitrogens with zero attached hydrogens (tertiary/aromatic N) is 2.